The van der Waals surface area contributed by atoms with E-state index >= 15 is 4.39 Å². The smallest absolute Gasteiger partial charge is 0.378 e. The number of anilines is 4. The number of nitrogens with one attached hydrogen (secondary N) is 3. The summed E-state index contributed by atoms with van der Waals surface area (Å²) in [5.74, 6) is -0.554. The van der Waals surface area contributed by atoms with Gasteiger partial charge in [-0.05, 0) is 55.2 Å². The zero-order chi connectivity index (χ0) is 37.1. The van der Waals surface area contributed by atoms with Crippen molar-refractivity contribution in [1.82, 2.24) is 35.6 Å². The molecular weight excluding hydrogens is 698 g/mol. The third-order valence-corrected chi connectivity index (χ3v) is 9.84. The summed E-state index contributed by atoms with van der Waals surface area (Å²) < 4.78 is 63.5. The molecule has 1 unspecified atom stereocenters. The molecular formula is C35H39F4N11O3. The van der Waals surface area contributed by atoms with Gasteiger partial charge in [0.2, 0.25) is 0 Å². The third kappa shape index (κ3) is 8.39. The van der Waals surface area contributed by atoms with Crippen LogP contribution in [0.1, 0.15) is 40.8 Å². The zero-order valence-corrected chi connectivity index (χ0v) is 28.7. The van der Waals surface area contributed by atoms with Crippen LogP contribution >= 0.6 is 0 Å². The number of carbonyl (C=O) groups excluding carboxylic acids is 1. The highest BCUT2D eigenvalue weighted by Crippen LogP contribution is 2.40. The molecule has 2 aromatic carbocycles. The summed E-state index contributed by atoms with van der Waals surface area (Å²) in [6, 6.07) is 11.2. The molecule has 3 aliphatic heterocycles. The maximum absolute atomic E-state index is 15.5. The lowest BCUT2D eigenvalue weighted by molar-refractivity contribution is -0.137. The lowest BCUT2D eigenvalue weighted by Crippen LogP contribution is -2.49. The number of ether oxygens (including phenoxy) is 1. The van der Waals surface area contributed by atoms with Crippen LogP contribution in [-0.2, 0) is 10.9 Å². The lowest BCUT2D eigenvalue weighted by atomic mass is 9.94. The Morgan fingerprint density at radius 1 is 0.962 bits per heavy atom. The van der Waals surface area contributed by atoms with Crippen LogP contribution in [0.25, 0.3) is 11.3 Å². The van der Waals surface area contributed by atoms with Gasteiger partial charge < -0.3 is 30.9 Å². The number of hydrogen-bond donors (Lipinski definition) is 4. The second-order valence-corrected chi connectivity index (χ2v) is 13.4. The number of piperidine rings is 1. The van der Waals surface area contributed by atoms with Gasteiger partial charge >= 0.3 is 6.18 Å². The number of alkyl halides is 3. The predicted molar refractivity (Wildman–Crippen MR) is 188 cm³/mol. The summed E-state index contributed by atoms with van der Waals surface area (Å²) in [7, 11) is 0. The van der Waals surface area contributed by atoms with Gasteiger partial charge in [-0.25, -0.2) is 14.5 Å². The van der Waals surface area contributed by atoms with Crippen molar-refractivity contribution in [3.8, 4) is 11.3 Å². The van der Waals surface area contributed by atoms with Crippen LogP contribution in [0.5, 0.6) is 0 Å². The molecule has 0 radical (unpaired) electrons. The molecule has 5 heterocycles. The standard InChI is InChI=1S/C35H39F4N11O3/c36-25-18-23(42-34-31(32(40)52)46-47-33(43-34)27-20-53-16-9-41-27)2-5-29(25)50-14-12-48(13-15-50)19-21-7-10-49(11-8-21)28-4-1-22(17-24(28)35(37,38)39)26-3-6-30(51)45-44-26/h1-6,17-18,21,27,41H,7-16,19-20H2,(H2,40,52)(H,45,51)(H,42,43,47). The van der Waals surface area contributed by atoms with E-state index in [1.54, 1.807) is 23.1 Å². The van der Waals surface area contributed by atoms with Crippen LogP contribution in [0.3, 0.4) is 0 Å². The number of hydrogen-bond acceptors (Lipinski definition) is 12. The van der Waals surface area contributed by atoms with Crippen molar-refractivity contribution in [2.45, 2.75) is 25.1 Å². The Morgan fingerprint density at radius 2 is 1.72 bits per heavy atom. The van der Waals surface area contributed by atoms with E-state index in [2.05, 4.69) is 40.9 Å². The SMILES string of the molecule is NC(=O)c1nnc(C2COCCN2)nc1Nc1ccc(N2CCN(CC3CCN(c4ccc(-c5ccc(=O)[nH]n5)cc4C(F)(F)F)CC3)CC2)c(F)c1. The van der Waals surface area contributed by atoms with Gasteiger partial charge in [0.1, 0.15) is 5.82 Å². The minimum atomic E-state index is -4.56. The minimum absolute atomic E-state index is 0.0698. The molecule has 7 rings (SSSR count). The molecule has 14 nitrogen and oxygen atoms in total. The van der Waals surface area contributed by atoms with Crippen molar-refractivity contribution in [3.05, 3.63) is 81.8 Å². The third-order valence-electron chi connectivity index (χ3n) is 9.84. The van der Waals surface area contributed by atoms with Gasteiger partial charge in [-0.3, -0.25) is 14.5 Å². The summed E-state index contributed by atoms with van der Waals surface area (Å²) in [5, 5.41) is 20.3. The molecule has 0 aliphatic carbocycles. The molecule has 5 N–H and O–H groups in total. The highest BCUT2D eigenvalue weighted by molar-refractivity contribution is 5.96. The van der Waals surface area contributed by atoms with Gasteiger partial charge in [-0.2, -0.15) is 18.3 Å². The highest BCUT2D eigenvalue weighted by Gasteiger charge is 2.36. The Balaban J connectivity index is 0.929. The maximum Gasteiger partial charge on any atom is 0.418 e. The largest absolute Gasteiger partial charge is 0.418 e. The predicted octanol–water partition coefficient (Wildman–Crippen LogP) is 3.32. The molecule has 2 aromatic heterocycles. The van der Waals surface area contributed by atoms with E-state index in [9.17, 15) is 22.8 Å². The van der Waals surface area contributed by atoms with Crippen molar-refractivity contribution >= 4 is 28.8 Å². The number of aromatic nitrogens is 5. The molecule has 0 bridgehead atoms. The normalized spacial score (nSPS) is 19.0. The van der Waals surface area contributed by atoms with Crippen LogP contribution in [-0.4, -0.2) is 102 Å². The lowest BCUT2D eigenvalue weighted by Gasteiger charge is -2.40. The number of nitrogens with two attached hydrogens (primary N) is 1. The van der Waals surface area contributed by atoms with E-state index < -0.39 is 29.0 Å². The Morgan fingerprint density at radius 3 is 2.38 bits per heavy atom. The molecule has 3 fully saturated rings. The summed E-state index contributed by atoms with van der Waals surface area (Å²) >= 11 is 0. The average molecular weight is 738 g/mol. The molecule has 3 aliphatic rings. The summed E-state index contributed by atoms with van der Waals surface area (Å²) in [4.78, 5) is 33.9. The minimum Gasteiger partial charge on any atom is -0.378 e. The molecule has 1 atom stereocenters. The summed E-state index contributed by atoms with van der Waals surface area (Å²) in [6.07, 6.45) is -3.07. The fourth-order valence-electron chi connectivity index (χ4n) is 7.04. The first-order valence-electron chi connectivity index (χ1n) is 17.4. The monoisotopic (exact) mass is 737 g/mol. The van der Waals surface area contributed by atoms with E-state index in [4.69, 9.17) is 10.5 Å². The molecule has 3 saturated heterocycles. The number of piperazine rings is 1. The number of benzene rings is 2. The quantitative estimate of drug-likeness (QED) is 0.185. The Kier molecular flexibility index (Phi) is 10.5. The first-order valence-corrected chi connectivity index (χ1v) is 17.4. The summed E-state index contributed by atoms with van der Waals surface area (Å²) in [6.45, 7) is 5.97. The van der Waals surface area contributed by atoms with Crippen molar-refractivity contribution in [3.63, 3.8) is 0 Å². The number of aromatic amines is 1. The molecule has 0 spiro atoms. The van der Waals surface area contributed by atoms with E-state index in [1.807, 2.05) is 4.90 Å². The number of H-pyrrole nitrogens is 1. The van der Waals surface area contributed by atoms with Gasteiger partial charge in [0, 0.05) is 75.4 Å². The van der Waals surface area contributed by atoms with Crippen LogP contribution in [0.4, 0.5) is 40.4 Å². The van der Waals surface area contributed by atoms with Crippen molar-refractivity contribution < 1.29 is 27.1 Å². The van der Waals surface area contributed by atoms with Gasteiger partial charge in [0.05, 0.1) is 36.2 Å². The molecule has 4 aromatic rings. The van der Waals surface area contributed by atoms with E-state index in [1.165, 1.54) is 24.3 Å². The molecule has 18 heteroatoms. The molecule has 0 saturated carbocycles. The van der Waals surface area contributed by atoms with Gasteiger partial charge in [-0.15, -0.1) is 10.2 Å². The van der Waals surface area contributed by atoms with Crippen molar-refractivity contribution in [2.24, 2.45) is 11.7 Å². The van der Waals surface area contributed by atoms with Crippen molar-refractivity contribution in [1.29, 1.82) is 0 Å². The van der Waals surface area contributed by atoms with E-state index in [-0.39, 0.29) is 34.5 Å². The fourth-order valence-corrected chi connectivity index (χ4v) is 7.04. The number of carbonyl (C=O) groups is 1. The Labute approximate surface area is 301 Å². The second-order valence-electron chi connectivity index (χ2n) is 13.4. The number of morpholine rings is 1. The molecule has 53 heavy (non-hydrogen) atoms. The average Bonchev–Trinajstić information content (AvgIpc) is 3.16. The second kappa shape index (κ2) is 15.4. The van der Waals surface area contributed by atoms with Crippen molar-refractivity contribution in [2.75, 3.05) is 80.7 Å². The first kappa shape index (κ1) is 36.2. The Bertz CT molecular complexity index is 1970. The Hall–Kier alpha value is -5.20. The van der Waals surface area contributed by atoms with Crippen LogP contribution < -0.4 is 31.7 Å². The fraction of sp³-hybridized carbons (Fsp3) is 0.429. The van der Waals surface area contributed by atoms with Crippen LogP contribution in [0.2, 0.25) is 0 Å². The number of amides is 1. The summed E-state index contributed by atoms with van der Waals surface area (Å²) in [5.41, 5.74) is 5.65. The van der Waals surface area contributed by atoms with Crippen LogP contribution in [0.15, 0.2) is 53.3 Å². The van der Waals surface area contributed by atoms with Gasteiger partial charge in [-0.1, -0.05) is 6.07 Å². The maximum atomic E-state index is 15.5. The first-order chi connectivity index (χ1) is 25.5. The van der Waals surface area contributed by atoms with E-state index in [0.29, 0.717) is 82.1 Å². The van der Waals surface area contributed by atoms with E-state index in [0.717, 1.165) is 25.5 Å². The number of primary amides is 1. The van der Waals surface area contributed by atoms with Gasteiger partial charge in [0.15, 0.2) is 17.3 Å². The number of halogens is 4. The zero-order valence-electron chi connectivity index (χ0n) is 28.7. The molecule has 1 amide bonds. The topological polar surface area (TPSA) is 171 Å². The number of rotatable bonds is 9. The molecule has 280 valence electrons. The van der Waals surface area contributed by atoms with Gasteiger partial charge in [0.25, 0.3) is 11.5 Å². The van der Waals surface area contributed by atoms with Crippen LogP contribution in [0, 0.1) is 11.7 Å². The highest BCUT2D eigenvalue weighted by atomic mass is 19.4. The number of nitrogens with zero attached hydrogens (tertiary/aromatic N) is 7.